The number of hydrogen-bond acceptors (Lipinski definition) is 6. The standard InChI is InChI=1S/C17H17N5O3/c1-3-9-18-16(23)11-19-15-10-13(4-2)20-17(21-15)12-5-7-14(8-6-12)22(24)25/h1,5-8,10H,4,9,11H2,2H3,(H,18,23)(H,19,20,21). The minimum absolute atomic E-state index is 0.000992. The Morgan fingerprint density at radius 1 is 1.32 bits per heavy atom. The van der Waals surface area contributed by atoms with E-state index in [1.165, 1.54) is 12.1 Å². The lowest BCUT2D eigenvalue weighted by molar-refractivity contribution is -0.384. The SMILES string of the molecule is C#CCNC(=O)CNc1cc(CC)nc(-c2ccc([N+](=O)[O-])cc2)n1. The number of rotatable bonds is 7. The van der Waals surface area contributed by atoms with Gasteiger partial charge in [-0.1, -0.05) is 12.8 Å². The molecule has 0 saturated carbocycles. The third-order valence-corrected chi connectivity index (χ3v) is 3.30. The van der Waals surface area contributed by atoms with E-state index in [-0.39, 0.29) is 24.7 Å². The molecular weight excluding hydrogens is 322 g/mol. The highest BCUT2D eigenvalue weighted by Gasteiger charge is 2.10. The molecule has 0 atom stereocenters. The molecule has 0 bridgehead atoms. The number of terminal acetylenes is 1. The van der Waals surface area contributed by atoms with Gasteiger partial charge in [0.05, 0.1) is 18.0 Å². The predicted octanol–water partition coefficient (Wildman–Crippen LogP) is 1.78. The number of nitro benzene ring substituents is 1. The Morgan fingerprint density at radius 3 is 2.64 bits per heavy atom. The summed E-state index contributed by atoms with van der Waals surface area (Å²) in [7, 11) is 0. The van der Waals surface area contributed by atoms with E-state index in [9.17, 15) is 14.9 Å². The highest BCUT2D eigenvalue weighted by Crippen LogP contribution is 2.21. The predicted molar refractivity (Wildman–Crippen MR) is 93.8 cm³/mol. The minimum atomic E-state index is -0.463. The van der Waals surface area contributed by atoms with Crippen LogP contribution in [0.2, 0.25) is 0 Å². The van der Waals surface area contributed by atoms with Gasteiger partial charge in [0.2, 0.25) is 5.91 Å². The van der Waals surface area contributed by atoms with E-state index >= 15 is 0 Å². The van der Waals surface area contributed by atoms with Crippen LogP contribution in [0.4, 0.5) is 11.5 Å². The van der Waals surface area contributed by atoms with E-state index < -0.39 is 4.92 Å². The first kappa shape index (κ1) is 17.9. The van der Waals surface area contributed by atoms with Crippen LogP contribution in [0, 0.1) is 22.5 Å². The molecule has 0 aliphatic rings. The molecule has 2 N–H and O–H groups in total. The summed E-state index contributed by atoms with van der Waals surface area (Å²) in [5.74, 6) is 3.01. The Morgan fingerprint density at radius 2 is 2.04 bits per heavy atom. The molecule has 8 heteroatoms. The second kappa shape index (κ2) is 8.40. The fourth-order valence-electron chi connectivity index (χ4n) is 2.01. The number of anilines is 1. The lowest BCUT2D eigenvalue weighted by Crippen LogP contribution is -2.30. The van der Waals surface area contributed by atoms with Crippen molar-refractivity contribution >= 4 is 17.4 Å². The number of nitro groups is 1. The lowest BCUT2D eigenvalue weighted by atomic mass is 10.2. The molecule has 0 aliphatic carbocycles. The minimum Gasteiger partial charge on any atom is -0.361 e. The molecule has 25 heavy (non-hydrogen) atoms. The summed E-state index contributed by atoms with van der Waals surface area (Å²) in [4.78, 5) is 30.7. The zero-order valence-corrected chi connectivity index (χ0v) is 13.7. The number of carbonyl (C=O) groups is 1. The zero-order valence-electron chi connectivity index (χ0n) is 13.7. The molecule has 2 aromatic rings. The number of hydrogen-bond donors (Lipinski definition) is 2. The summed E-state index contributed by atoms with van der Waals surface area (Å²) in [6.45, 7) is 2.14. The number of amides is 1. The molecule has 0 fully saturated rings. The summed E-state index contributed by atoms with van der Waals surface area (Å²) in [5, 5.41) is 16.2. The molecule has 2 rings (SSSR count). The van der Waals surface area contributed by atoms with Gasteiger partial charge in [0, 0.05) is 29.5 Å². The van der Waals surface area contributed by atoms with Crippen LogP contribution in [0.3, 0.4) is 0 Å². The van der Waals surface area contributed by atoms with Gasteiger partial charge >= 0.3 is 0 Å². The molecule has 0 unspecified atom stereocenters. The molecule has 1 heterocycles. The van der Waals surface area contributed by atoms with Crippen LogP contribution >= 0.6 is 0 Å². The summed E-state index contributed by atoms with van der Waals surface area (Å²) in [5.41, 5.74) is 1.44. The van der Waals surface area contributed by atoms with Crippen molar-refractivity contribution in [2.45, 2.75) is 13.3 Å². The van der Waals surface area contributed by atoms with Crippen LogP contribution in [0.15, 0.2) is 30.3 Å². The first-order valence-corrected chi connectivity index (χ1v) is 7.60. The maximum absolute atomic E-state index is 11.6. The fraction of sp³-hybridized carbons (Fsp3) is 0.235. The quantitative estimate of drug-likeness (QED) is 0.452. The van der Waals surface area contributed by atoms with Gasteiger partial charge in [-0.05, 0) is 18.6 Å². The third kappa shape index (κ3) is 5.00. The second-order valence-corrected chi connectivity index (χ2v) is 5.06. The highest BCUT2D eigenvalue weighted by molar-refractivity contribution is 5.80. The van der Waals surface area contributed by atoms with Crippen molar-refractivity contribution in [2.24, 2.45) is 0 Å². The molecular formula is C17H17N5O3. The maximum Gasteiger partial charge on any atom is 0.269 e. The van der Waals surface area contributed by atoms with Gasteiger partial charge < -0.3 is 10.6 Å². The van der Waals surface area contributed by atoms with Gasteiger partial charge in [0.15, 0.2) is 5.82 Å². The number of carbonyl (C=O) groups excluding carboxylic acids is 1. The van der Waals surface area contributed by atoms with Crippen molar-refractivity contribution in [1.29, 1.82) is 0 Å². The first-order chi connectivity index (χ1) is 12.0. The van der Waals surface area contributed by atoms with E-state index in [1.807, 2.05) is 6.92 Å². The summed E-state index contributed by atoms with van der Waals surface area (Å²) >= 11 is 0. The van der Waals surface area contributed by atoms with Crippen LogP contribution in [-0.2, 0) is 11.2 Å². The van der Waals surface area contributed by atoms with Gasteiger partial charge in [0.1, 0.15) is 5.82 Å². The zero-order chi connectivity index (χ0) is 18.2. The summed E-state index contributed by atoms with van der Waals surface area (Å²) in [6, 6.07) is 7.74. The summed E-state index contributed by atoms with van der Waals surface area (Å²) in [6.07, 6.45) is 5.77. The number of aromatic nitrogens is 2. The molecule has 0 aliphatic heterocycles. The van der Waals surface area contributed by atoms with E-state index in [1.54, 1.807) is 18.2 Å². The van der Waals surface area contributed by atoms with E-state index in [0.29, 0.717) is 23.6 Å². The second-order valence-electron chi connectivity index (χ2n) is 5.06. The third-order valence-electron chi connectivity index (χ3n) is 3.30. The van der Waals surface area contributed by atoms with Crippen LogP contribution < -0.4 is 10.6 Å². The molecule has 1 amide bonds. The topological polar surface area (TPSA) is 110 Å². The Kier molecular flexibility index (Phi) is 6.01. The lowest BCUT2D eigenvalue weighted by Gasteiger charge is -2.09. The van der Waals surface area contributed by atoms with Gasteiger partial charge in [-0.25, -0.2) is 9.97 Å². The van der Waals surface area contributed by atoms with Gasteiger partial charge in [0.25, 0.3) is 5.69 Å². The Balaban J connectivity index is 2.20. The van der Waals surface area contributed by atoms with Gasteiger partial charge in [-0.2, -0.15) is 0 Å². The van der Waals surface area contributed by atoms with Crippen LogP contribution in [0.5, 0.6) is 0 Å². The smallest absolute Gasteiger partial charge is 0.269 e. The largest absolute Gasteiger partial charge is 0.361 e. The molecule has 0 spiro atoms. The Bertz CT molecular complexity index is 812. The molecule has 0 saturated heterocycles. The van der Waals surface area contributed by atoms with Crippen LogP contribution in [0.1, 0.15) is 12.6 Å². The molecule has 128 valence electrons. The van der Waals surface area contributed by atoms with Crippen LogP contribution in [0.25, 0.3) is 11.4 Å². The molecule has 1 aromatic heterocycles. The number of nitrogens with zero attached hydrogens (tertiary/aromatic N) is 3. The normalized spacial score (nSPS) is 9.92. The number of benzene rings is 1. The van der Waals surface area contributed by atoms with Gasteiger partial charge in [-0.3, -0.25) is 14.9 Å². The number of nitrogens with one attached hydrogen (secondary N) is 2. The van der Waals surface area contributed by atoms with Crippen LogP contribution in [-0.4, -0.2) is 33.9 Å². The van der Waals surface area contributed by atoms with Crippen molar-refractivity contribution < 1.29 is 9.72 Å². The Labute approximate surface area is 144 Å². The van der Waals surface area contributed by atoms with Crippen molar-refractivity contribution in [2.75, 3.05) is 18.4 Å². The summed E-state index contributed by atoms with van der Waals surface area (Å²) < 4.78 is 0. The monoisotopic (exact) mass is 339 g/mol. The first-order valence-electron chi connectivity index (χ1n) is 7.60. The average Bonchev–Trinajstić information content (AvgIpc) is 2.64. The molecule has 0 radical (unpaired) electrons. The fourth-order valence-corrected chi connectivity index (χ4v) is 2.01. The van der Waals surface area contributed by atoms with E-state index in [4.69, 9.17) is 6.42 Å². The van der Waals surface area contributed by atoms with Crippen molar-refractivity contribution in [1.82, 2.24) is 15.3 Å². The average molecular weight is 339 g/mol. The number of non-ortho nitro benzene ring substituents is 1. The van der Waals surface area contributed by atoms with Crippen molar-refractivity contribution in [3.8, 4) is 23.7 Å². The van der Waals surface area contributed by atoms with Gasteiger partial charge in [-0.15, -0.1) is 6.42 Å². The maximum atomic E-state index is 11.6. The highest BCUT2D eigenvalue weighted by atomic mass is 16.6. The molecule has 1 aromatic carbocycles. The van der Waals surface area contributed by atoms with E-state index in [2.05, 4.69) is 26.5 Å². The van der Waals surface area contributed by atoms with Crippen molar-refractivity contribution in [3.63, 3.8) is 0 Å². The van der Waals surface area contributed by atoms with Crippen molar-refractivity contribution in [3.05, 3.63) is 46.1 Å². The Hall–Kier alpha value is -3.47. The molecule has 8 nitrogen and oxygen atoms in total. The number of aryl methyl sites for hydroxylation is 1. The van der Waals surface area contributed by atoms with E-state index in [0.717, 1.165) is 5.69 Å².